The molecule has 4 rings (SSSR count). The van der Waals surface area contributed by atoms with Crippen LogP contribution >= 0.6 is 0 Å². The molecule has 27 heavy (non-hydrogen) atoms. The molecule has 1 fully saturated rings. The van der Waals surface area contributed by atoms with E-state index >= 15 is 0 Å². The highest BCUT2D eigenvalue weighted by Crippen LogP contribution is 2.30. The number of nitro groups is 1. The van der Waals surface area contributed by atoms with Crippen LogP contribution in [0, 0.1) is 10.1 Å². The average molecular weight is 365 g/mol. The van der Waals surface area contributed by atoms with Crippen molar-refractivity contribution in [1.82, 2.24) is 19.6 Å². The summed E-state index contributed by atoms with van der Waals surface area (Å²) in [6.07, 6.45) is 3.59. The van der Waals surface area contributed by atoms with Gasteiger partial charge in [-0.1, -0.05) is 6.07 Å². The minimum Gasteiger partial charge on any atom is -0.319 e. The zero-order chi connectivity index (χ0) is 19.2. The summed E-state index contributed by atoms with van der Waals surface area (Å²) in [5.41, 5.74) is 0.408. The SMILES string of the molecule is CC1(c2ccc([N+](=O)[O-])cc2)NC(=O)N(Cc2cn3ccccc3n2)C1=O. The van der Waals surface area contributed by atoms with Gasteiger partial charge < -0.3 is 9.72 Å². The summed E-state index contributed by atoms with van der Waals surface area (Å²) in [7, 11) is 0. The van der Waals surface area contributed by atoms with E-state index in [0.717, 1.165) is 10.5 Å². The van der Waals surface area contributed by atoms with E-state index in [2.05, 4.69) is 10.3 Å². The number of rotatable bonds is 4. The maximum atomic E-state index is 13.0. The molecule has 1 unspecified atom stereocenters. The number of non-ortho nitro benzene ring substituents is 1. The van der Waals surface area contributed by atoms with Gasteiger partial charge in [-0.25, -0.2) is 9.78 Å². The second kappa shape index (κ2) is 5.90. The standard InChI is InChI=1S/C18H15N5O4/c1-18(12-5-7-14(8-6-12)23(26)27)16(24)22(17(25)20-18)11-13-10-21-9-3-2-4-15(21)19-13/h2-10H,11H2,1H3,(H,20,25). The molecule has 3 aromatic rings. The summed E-state index contributed by atoms with van der Waals surface area (Å²) in [6, 6.07) is 10.6. The maximum Gasteiger partial charge on any atom is 0.325 e. The predicted octanol–water partition coefficient (Wildman–Crippen LogP) is 2.21. The third kappa shape index (κ3) is 2.69. The van der Waals surface area contributed by atoms with Crippen LogP contribution in [-0.2, 0) is 16.9 Å². The molecular formula is C18H15N5O4. The lowest BCUT2D eigenvalue weighted by molar-refractivity contribution is -0.384. The summed E-state index contributed by atoms with van der Waals surface area (Å²) in [6.45, 7) is 1.62. The predicted molar refractivity (Wildman–Crippen MR) is 94.7 cm³/mol. The van der Waals surface area contributed by atoms with Gasteiger partial charge in [0.05, 0.1) is 17.2 Å². The zero-order valence-electron chi connectivity index (χ0n) is 14.3. The lowest BCUT2D eigenvalue weighted by atomic mass is 9.92. The van der Waals surface area contributed by atoms with Crippen molar-refractivity contribution in [1.29, 1.82) is 0 Å². The number of hydrogen-bond donors (Lipinski definition) is 1. The number of urea groups is 1. The van der Waals surface area contributed by atoms with Crippen LogP contribution in [0.1, 0.15) is 18.2 Å². The van der Waals surface area contributed by atoms with E-state index in [1.807, 2.05) is 28.8 Å². The fraction of sp³-hybridized carbons (Fsp3) is 0.167. The molecular weight excluding hydrogens is 350 g/mol. The van der Waals surface area contributed by atoms with Gasteiger partial charge in [0.15, 0.2) is 0 Å². The third-order valence-electron chi connectivity index (χ3n) is 4.66. The molecule has 0 aliphatic carbocycles. The highest BCUT2D eigenvalue weighted by molar-refractivity contribution is 6.07. The maximum absolute atomic E-state index is 13.0. The van der Waals surface area contributed by atoms with Crippen LogP contribution in [0.25, 0.3) is 5.65 Å². The molecule has 3 amide bonds. The van der Waals surface area contributed by atoms with Crippen molar-refractivity contribution in [2.24, 2.45) is 0 Å². The van der Waals surface area contributed by atoms with Crippen molar-refractivity contribution in [3.63, 3.8) is 0 Å². The van der Waals surface area contributed by atoms with Gasteiger partial charge in [0.25, 0.3) is 11.6 Å². The van der Waals surface area contributed by atoms with E-state index < -0.39 is 22.4 Å². The first kappa shape index (κ1) is 16.7. The summed E-state index contributed by atoms with van der Waals surface area (Å²) < 4.78 is 1.81. The second-order valence-electron chi connectivity index (χ2n) is 6.45. The Hall–Kier alpha value is -3.75. The van der Waals surface area contributed by atoms with E-state index in [1.165, 1.54) is 24.3 Å². The van der Waals surface area contributed by atoms with Gasteiger partial charge >= 0.3 is 6.03 Å². The Morgan fingerprint density at radius 1 is 1.19 bits per heavy atom. The molecule has 1 atom stereocenters. The molecule has 136 valence electrons. The monoisotopic (exact) mass is 365 g/mol. The molecule has 9 heteroatoms. The summed E-state index contributed by atoms with van der Waals surface area (Å²) in [5.74, 6) is -0.432. The minimum absolute atomic E-state index is 0.0366. The Kier molecular flexibility index (Phi) is 3.65. The summed E-state index contributed by atoms with van der Waals surface area (Å²) in [5, 5.41) is 13.5. The van der Waals surface area contributed by atoms with Crippen LogP contribution in [0.4, 0.5) is 10.5 Å². The van der Waals surface area contributed by atoms with Gasteiger partial charge in [0, 0.05) is 24.5 Å². The van der Waals surface area contributed by atoms with Crippen molar-refractivity contribution in [3.8, 4) is 0 Å². The molecule has 0 radical (unpaired) electrons. The average Bonchev–Trinajstić information content (AvgIpc) is 3.16. The Labute approximate surface area is 153 Å². The number of nitrogens with zero attached hydrogens (tertiary/aromatic N) is 4. The fourth-order valence-corrected chi connectivity index (χ4v) is 3.18. The molecule has 0 bridgehead atoms. The normalized spacial score (nSPS) is 19.5. The molecule has 9 nitrogen and oxygen atoms in total. The molecule has 1 aromatic carbocycles. The first-order chi connectivity index (χ1) is 12.9. The topological polar surface area (TPSA) is 110 Å². The molecule has 2 aromatic heterocycles. The van der Waals surface area contributed by atoms with Crippen molar-refractivity contribution in [2.45, 2.75) is 19.0 Å². The number of fused-ring (bicyclic) bond motifs is 1. The molecule has 0 spiro atoms. The molecule has 3 heterocycles. The zero-order valence-corrected chi connectivity index (χ0v) is 14.3. The second-order valence-corrected chi connectivity index (χ2v) is 6.45. The number of carbonyl (C=O) groups excluding carboxylic acids is 2. The quantitative estimate of drug-likeness (QED) is 0.433. The van der Waals surface area contributed by atoms with Crippen molar-refractivity contribution in [3.05, 3.63) is 76.2 Å². The number of imidazole rings is 1. The van der Waals surface area contributed by atoms with E-state index in [1.54, 1.807) is 13.1 Å². The van der Waals surface area contributed by atoms with Crippen LogP contribution in [0.2, 0.25) is 0 Å². The van der Waals surface area contributed by atoms with Gasteiger partial charge in [-0.05, 0) is 36.8 Å². The summed E-state index contributed by atoms with van der Waals surface area (Å²) >= 11 is 0. The van der Waals surface area contributed by atoms with Gasteiger partial charge in [0.1, 0.15) is 11.2 Å². The lowest BCUT2D eigenvalue weighted by Gasteiger charge is -2.21. The Morgan fingerprint density at radius 3 is 2.59 bits per heavy atom. The van der Waals surface area contributed by atoms with Crippen LogP contribution in [-0.4, -0.2) is 31.1 Å². The number of benzene rings is 1. The van der Waals surface area contributed by atoms with Crippen molar-refractivity contribution < 1.29 is 14.5 Å². The highest BCUT2D eigenvalue weighted by Gasteiger charge is 2.49. The number of imide groups is 1. The van der Waals surface area contributed by atoms with Crippen LogP contribution in [0.3, 0.4) is 0 Å². The molecule has 0 saturated carbocycles. The lowest BCUT2D eigenvalue weighted by Crippen LogP contribution is -2.40. The number of hydrogen-bond acceptors (Lipinski definition) is 5. The number of aromatic nitrogens is 2. The van der Waals surface area contributed by atoms with E-state index in [4.69, 9.17) is 0 Å². The smallest absolute Gasteiger partial charge is 0.319 e. The first-order valence-electron chi connectivity index (χ1n) is 8.20. The fourth-order valence-electron chi connectivity index (χ4n) is 3.18. The molecule has 1 N–H and O–H groups in total. The molecule has 1 saturated heterocycles. The Bertz CT molecular complexity index is 1040. The van der Waals surface area contributed by atoms with E-state index in [0.29, 0.717) is 11.3 Å². The van der Waals surface area contributed by atoms with Gasteiger partial charge in [0.2, 0.25) is 0 Å². The van der Waals surface area contributed by atoms with Crippen LogP contribution in [0.15, 0.2) is 54.9 Å². The van der Waals surface area contributed by atoms with Crippen LogP contribution in [0.5, 0.6) is 0 Å². The largest absolute Gasteiger partial charge is 0.325 e. The number of carbonyl (C=O) groups is 2. The number of nitro benzene ring substituents is 1. The third-order valence-corrected chi connectivity index (χ3v) is 4.66. The molecule has 1 aliphatic rings. The van der Waals surface area contributed by atoms with Gasteiger partial charge in [-0.2, -0.15) is 0 Å². The van der Waals surface area contributed by atoms with Gasteiger partial charge in [-0.15, -0.1) is 0 Å². The van der Waals surface area contributed by atoms with Gasteiger partial charge in [-0.3, -0.25) is 19.8 Å². The number of pyridine rings is 1. The molecule has 1 aliphatic heterocycles. The minimum atomic E-state index is -1.29. The highest BCUT2D eigenvalue weighted by atomic mass is 16.6. The summed E-state index contributed by atoms with van der Waals surface area (Å²) in [4.78, 5) is 41.2. The van der Waals surface area contributed by atoms with Crippen molar-refractivity contribution in [2.75, 3.05) is 0 Å². The van der Waals surface area contributed by atoms with E-state index in [9.17, 15) is 19.7 Å². The first-order valence-corrected chi connectivity index (χ1v) is 8.20. The van der Waals surface area contributed by atoms with Crippen LogP contribution < -0.4 is 5.32 Å². The Balaban J connectivity index is 1.61. The van der Waals surface area contributed by atoms with E-state index in [-0.39, 0.29) is 12.2 Å². The number of amides is 3. The Morgan fingerprint density at radius 2 is 1.93 bits per heavy atom. The van der Waals surface area contributed by atoms with Crippen molar-refractivity contribution >= 4 is 23.3 Å². The number of nitrogens with one attached hydrogen (secondary N) is 1.